The lowest BCUT2D eigenvalue weighted by molar-refractivity contribution is 0.101. The molecule has 0 aliphatic heterocycles. The summed E-state index contributed by atoms with van der Waals surface area (Å²) in [7, 11) is 0. The number of nitrogens with zero attached hydrogens (tertiary/aromatic N) is 2. The zero-order valence-corrected chi connectivity index (χ0v) is 14.9. The summed E-state index contributed by atoms with van der Waals surface area (Å²) < 4.78 is 14.3. The second-order valence-corrected chi connectivity index (χ2v) is 6.92. The number of thiophene rings is 1. The van der Waals surface area contributed by atoms with Crippen LogP contribution in [0.2, 0.25) is 0 Å². The first-order valence-corrected chi connectivity index (χ1v) is 9.10. The topological polar surface area (TPSA) is 64.0 Å². The van der Waals surface area contributed by atoms with Gasteiger partial charge in [-0.15, -0.1) is 11.3 Å². The maximum atomic E-state index is 13.1. The van der Waals surface area contributed by atoms with E-state index in [-0.39, 0.29) is 11.1 Å². The van der Waals surface area contributed by atoms with Gasteiger partial charge >= 0.3 is 0 Å². The highest BCUT2D eigenvalue weighted by Crippen LogP contribution is 2.15. The first kappa shape index (κ1) is 17.1. The molecule has 0 saturated carbocycles. The van der Waals surface area contributed by atoms with E-state index in [0.717, 1.165) is 4.88 Å². The Kier molecular flexibility index (Phi) is 4.52. The van der Waals surface area contributed by atoms with Gasteiger partial charge in [0.2, 0.25) is 0 Å². The number of carbonyl (C=O) groups is 1. The number of aromatic nitrogens is 2. The minimum Gasteiger partial charge on any atom is -0.267 e. The van der Waals surface area contributed by atoms with Crippen LogP contribution in [0.5, 0.6) is 0 Å². The third kappa shape index (κ3) is 3.50. The summed E-state index contributed by atoms with van der Waals surface area (Å²) in [4.78, 5) is 31.1. The number of fused-ring (bicyclic) bond motifs is 1. The first-order chi connectivity index (χ1) is 13.1. The zero-order valence-electron chi connectivity index (χ0n) is 14.1. The molecule has 1 amide bonds. The molecule has 2 aromatic carbocycles. The number of nitrogens with one attached hydrogen (secondary N) is 1. The Labute approximate surface area is 157 Å². The van der Waals surface area contributed by atoms with Crippen LogP contribution in [0.1, 0.15) is 21.1 Å². The van der Waals surface area contributed by atoms with Gasteiger partial charge in [0.15, 0.2) is 0 Å². The molecule has 1 N–H and O–H groups in total. The Bertz CT molecular complexity index is 1170. The molecular weight excluding hydrogens is 365 g/mol. The number of benzene rings is 2. The van der Waals surface area contributed by atoms with Gasteiger partial charge in [0.25, 0.3) is 11.5 Å². The molecule has 0 fully saturated rings. The van der Waals surface area contributed by atoms with Crippen molar-refractivity contribution in [3.63, 3.8) is 0 Å². The van der Waals surface area contributed by atoms with Crippen molar-refractivity contribution >= 4 is 28.1 Å². The fraction of sp³-hybridized carbons (Fsp3) is 0.0500. The van der Waals surface area contributed by atoms with Crippen LogP contribution in [0.3, 0.4) is 0 Å². The van der Waals surface area contributed by atoms with Gasteiger partial charge < -0.3 is 0 Å². The zero-order chi connectivity index (χ0) is 18.8. The second-order valence-electron chi connectivity index (χ2n) is 5.89. The molecule has 5 nitrogen and oxygen atoms in total. The summed E-state index contributed by atoms with van der Waals surface area (Å²) >= 11 is 1.54. The van der Waals surface area contributed by atoms with E-state index in [2.05, 4.69) is 10.4 Å². The highest BCUT2D eigenvalue weighted by Gasteiger charge is 2.15. The van der Waals surface area contributed by atoms with Crippen LogP contribution >= 0.6 is 11.3 Å². The van der Waals surface area contributed by atoms with Crippen LogP contribution in [0, 0.1) is 5.82 Å². The number of hydrogen-bond acceptors (Lipinski definition) is 4. The van der Waals surface area contributed by atoms with Gasteiger partial charge in [-0.1, -0.05) is 18.2 Å². The monoisotopic (exact) mass is 379 g/mol. The van der Waals surface area contributed by atoms with Crippen molar-refractivity contribution in [1.29, 1.82) is 0 Å². The predicted molar refractivity (Wildman–Crippen MR) is 103 cm³/mol. The van der Waals surface area contributed by atoms with Gasteiger partial charge in [-0.2, -0.15) is 0 Å². The normalized spacial score (nSPS) is 10.9. The van der Waals surface area contributed by atoms with Crippen LogP contribution in [-0.4, -0.2) is 15.6 Å². The Morgan fingerprint density at radius 1 is 1.07 bits per heavy atom. The molecule has 0 radical (unpaired) electrons. The maximum absolute atomic E-state index is 13.1. The van der Waals surface area contributed by atoms with Crippen molar-refractivity contribution in [1.82, 2.24) is 9.66 Å². The number of para-hydroxylation sites is 1. The largest absolute Gasteiger partial charge is 0.280 e. The molecule has 0 saturated heterocycles. The van der Waals surface area contributed by atoms with Gasteiger partial charge in [-0.3, -0.25) is 15.0 Å². The first-order valence-electron chi connectivity index (χ1n) is 8.22. The number of rotatable bonds is 4. The molecule has 4 aromatic rings. The van der Waals surface area contributed by atoms with E-state index in [1.54, 1.807) is 29.5 Å². The molecule has 27 heavy (non-hydrogen) atoms. The van der Waals surface area contributed by atoms with E-state index in [1.807, 2.05) is 23.6 Å². The lowest BCUT2D eigenvalue weighted by Gasteiger charge is -2.14. The summed E-state index contributed by atoms with van der Waals surface area (Å²) in [5.74, 6) is -0.521. The Balaban J connectivity index is 1.79. The average Bonchev–Trinajstić information content (AvgIpc) is 3.18. The van der Waals surface area contributed by atoms with Crippen molar-refractivity contribution in [3.8, 4) is 0 Å². The van der Waals surface area contributed by atoms with Gasteiger partial charge in [0.1, 0.15) is 11.6 Å². The average molecular weight is 379 g/mol. The van der Waals surface area contributed by atoms with E-state index in [9.17, 15) is 14.0 Å². The SMILES string of the molecule is O=C(Nn1c(Cc2cccs2)nc2ccccc2c1=O)c1ccc(F)cc1. The Morgan fingerprint density at radius 3 is 2.59 bits per heavy atom. The van der Waals surface area contributed by atoms with Crippen molar-refractivity contribution in [2.45, 2.75) is 6.42 Å². The molecule has 0 unspecified atom stereocenters. The molecule has 2 heterocycles. The maximum Gasteiger partial charge on any atom is 0.280 e. The van der Waals surface area contributed by atoms with Crippen LogP contribution < -0.4 is 11.0 Å². The van der Waals surface area contributed by atoms with Crippen molar-refractivity contribution < 1.29 is 9.18 Å². The molecule has 7 heteroatoms. The van der Waals surface area contributed by atoms with Gasteiger partial charge in [-0.25, -0.2) is 14.1 Å². The summed E-state index contributed by atoms with van der Waals surface area (Å²) in [5.41, 5.74) is 3.06. The standard InChI is InChI=1S/C20H14FN3O2S/c21-14-9-7-13(8-10-14)19(25)23-24-18(12-15-4-3-11-27-15)22-17-6-2-1-5-16(17)20(24)26/h1-11H,12H2,(H,23,25). The number of hydrogen-bond donors (Lipinski definition) is 1. The van der Waals surface area contributed by atoms with E-state index >= 15 is 0 Å². The Hall–Kier alpha value is -3.32. The van der Waals surface area contributed by atoms with E-state index < -0.39 is 11.7 Å². The lowest BCUT2D eigenvalue weighted by atomic mass is 10.2. The quantitative estimate of drug-likeness (QED) is 0.590. The molecule has 0 aliphatic carbocycles. The highest BCUT2D eigenvalue weighted by atomic mass is 32.1. The lowest BCUT2D eigenvalue weighted by Crippen LogP contribution is -2.36. The number of amides is 1. The molecule has 4 rings (SSSR count). The summed E-state index contributed by atoms with van der Waals surface area (Å²) in [6, 6.07) is 16.0. The molecule has 0 bridgehead atoms. The summed E-state index contributed by atoms with van der Waals surface area (Å²) in [5, 5.41) is 2.35. The fourth-order valence-electron chi connectivity index (χ4n) is 2.75. The van der Waals surface area contributed by atoms with Gasteiger partial charge in [-0.05, 0) is 47.8 Å². The minimum absolute atomic E-state index is 0.249. The van der Waals surface area contributed by atoms with Crippen LogP contribution in [0.15, 0.2) is 70.8 Å². The fourth-order valence-corrected chi connectivity index (χ4v) is 3.45. The summed E-state index contributed by atoms with van der Waals surface area (Å²) in [6.45, 7) is 0. The van der Waals surface area contributed by atoms with Crippen molar-refractivity contribution in [3.05, 3.63) is 98.5 Å². The third-order valence-corrected chi connectivity index (χ3v) is 4.95. The van der Waals surface area contributed by atoms with Crippen molar-refractivity contribution in [2.24, 2.45) is 0 Å². The van der Waals surface area contributed by atoms with E-state index in [4.69, 9.17) is 0 Å². The molecule has 0 atom stereocenters. The molecule has 2 aromatic heterocycles. The van der Waals surface area contributed by atoms with Crippen LogP contribution in [0.4, 0.5) is 4.39 Å². The van der Waals surface area contributed by atoms with E-state index in [0.29, 0.717) is 23.1 Å². The minimum atomic E-state index is -0.512. The number of halogens is 1. The van der Waals surface area contributed by atoms with Gasteiger partial charge in [0.05, 0.1) is 10.9 Å². The number of carbonyl (C=O) groups excluding carboxylic acids is 1. The summed E-state index contributed by atoms with van der Waals surface area (Å²) in [6.07, 6.45) is 0.404. The van der Waals surface area contributed by atoms with Crippen LogP contribution in [0.25, 0.3) is 10.9 Å². The molecule has 0 aliphatic rings. The second kappa shape index (κ2) is 7.13. The molecule has 134 valence electrons. The van der Waals surface area contributed by atoms with Crippen LogP contribution in [-0.2, 0) is 6.42 Å². The highest BCUT2D eigenvalue weighted by molar-refractivity contribution is 7.09. The predicted octanol–water partition coefficient (Wildman–Crippen LogP) is 3.57. The smallest absolute Gasteiger partial charge is 0.267 e. The van der Waals surface area contributed by atoms with Crippen molar-refractivity contribution in [2.75, 3.05) is 5.43 Å². The van der Waals surface area contributed by atoms with E-state index in [1.165, 1.54) is 28.9 Å². The molecular formula is C20H14FN3O2S. The Morgan fingerprint density at radius 2 is 1.85 bits per heavy atom. The van der Waals surface area contributed by atoms with Gasteiger partial charge in [0, 0.05) is 16.9 Å². The third-order valence-electron chi connectivity index (χ3n) is 4.08. The molecule has 0 spiro atoms.